The van der Waals surface area contributed by atoms with Crippen LogP contribution in [0.3, 0.4) is 0 Å². The summed E-state index contributed by atoms with van der Waals surface area (Å²) in [6, 6.07) is 3.68. The largest absolute Gasteiger partial charge is 0.370 e. The molecule has 0 aromatic carbocycles. The first kappa shape index (κ1) is 13.3. The van der Waals surface area contributed by atoms with Gasteiger partial charge in [0, 0.05) is 25.3 Å². The smallest absolute Gasteiger partial charge is 0.179 e. The number of ether oxygens (including phenoxy) is 1. The van der Waals surface area contributed by atoms with Gasteiger partial charge < -0.3 is 10.1 Å². The first-order valence-corrected chi connectivity index (χ1v) is 6.96. The maximum atomic E-state index is 5.81. The molecule has 2 N–H and O–H groups in total. The van der Waals surface area contributed by atoms with Gasteiger partial charge in [0.25, 0.3) is 0 Å². The number of anilines is 1. The lowest BCUT2D eigenvalue weighted by Gasteiger charge is -2.16. The number of rotatable bonds is 4. The SMILES string of the molecule is Cc1nc([C@H]2OCC[C@H]2CNc2ccc(Cl)cn2)n[nH]1. The number of halogens is 1. The van der Waals surface area contributed by atoms with Gasteiger partial charge in [0.15, 0.2) is 5.82 Å². The van der Waals surface area contributed by atoms with Crippen molar-refractivity contribution >= 4 is 17.4 Å². The highest BCUT2D eigenvalue weighted by molar-refractivity contribution is 6.30. The molecule has 7 heteroatoms. The van der Waals surface area contributed by atoms with Gasteiger partial charge in [-0.25, -0.2) is 9.97 Å². The second kappa shape index (κ2) is 5.76. The Balaban J connectivity index is 1.63. The molecule has 106 valence electrons. The summed E-state index contributed by atoms with van der Waals surface area (Å²) < 4.78 is 5.75. The molecule has 20 heavy (non-hydrogen) atoms. The zero-order valence-electron chi connectivity index (χ0n) is 11.1. The van der Waals surface area contributed by atoms with Crippen molar-refractivity contribution < 1.29 is 4.74 Å². The van der Waals surface area contributed by atoms with Crippen LogP contribution < -0.4 is 5.32 Å². The number of hydrogen-bond donors (Lipinski definition) is 2. The lowest BCUT2D eigenvalue weighted by molar-refractivity contribution is 0.0863. The molecule has 1 saturated heterocycles. The van der Waals surface area contributed by atoms with Crippen LogP contribution in [0.15, 0.2) is 18.3 Å². The summed E-state index contributed by atoms with van der Waals surface area (Å²) in [5.74, 6) is 2.69. The van der Waals surface area contributed by atoms with Crippen LogP contribution in [0.4, 0.5) is 5.82 Å². The maximum Gasteiger partial charge on any atom is 0.179 e. The highest BCUT2D eigenvalue weighted by atomic mass is 35.5. The molecule has 0 spiro atoms. The van der Waals surface area contributed by atoms with E-state index in [2.05, 4.69) is 25.5 Å². The van der Waals surface area contributed by atoms with Gasteiger partial charge >= 0.3 is 0 Å². The molecule has 0 amide bonds. The van der Waals surface area contributed by atoms with Crippen LogP contribution in [0.5, 0.6) is 0 Å². The minimum absolute atomic E-state index is 0.0558. The minimum Gasteiger partial charge on any atom is -0.370 e. The Hall–Kier alpha value is -1.66. The van der Waals surface area contributed by atoms with Crippen LogP contribution in [-0.2, 0) is 4.74 Å². The van der Waals surface area contributed by atoms with Gasteiger partial charge in [0.2, 0.25) is 0 Å². The molecular weight excluding hydrogens is 278 g/mol. The highest BCUT2D eigenvalue weighted by Gasteiger charge is 2.32. The average Bonchev–Trinajstić information content (AvgIpc) is 3.06. The number of pyridine rings is 1. The molecule has 6 nitrogen and oxygen atoms in total. The molecule has 1 fully saturated rings. The molecule has 2 aromatic rings. The number of aromatic nitrogens is 4. The van der Waals surface area contributed by atoms with Gasteiger partial charge in [-0.05, 0) is 25.5 Å². The van der Waals surface area contributed by atoms with Crippen molar-refractivity contribution in [2.75, 3.05) is 18.5 Å². The lowest BCUT2D eigenvalue weighted by Crippen LogP contribution is -2.19. The monoisotopic (exact) mass is 293 g/mol. The van der Waals surface area contributed by atoms with Crippen LogP contribution in [0, 0.1) is 12.8 Å². The van der Waals surface area contributed by atoms with Crippen LogP contribution >= 0.6 is 11.6 Å². The number of nitrogens with zero attached hydrogens (tertiary/aromatic N) is 3. The van der Waals surface area contributed by atoms with E-state index in [1.54, 1.807) is 6.20 Å². The summed E-state index contributed by atoms with van der Waals surface area (Å²) in [7, 11) is 0. The quantitative estimate of drug-likeness (QED) is 0.905. The Morgan fingerprint density at radius 1 is 1.50 bits per heavy atom. The van der Waals surface area contributed by atoms with Gasteiger partial charge in [-0.2, -0.15) is 5.10 Å². The molecular formula is C13H16ClN5O. The van der Waals surface area contributed by atoms with Gasteiger partial charge in [-0.3, -0.25) is 5.10 Å². The van der Waals surface area contributed by atoms with E-state index in [9.17, 15) is 0 Å². The fourth-order valence-corrected chi connectivity index (χ4v) is 2.44. The Morgan fingerprint density at radius 2 is 2.40 bits per heavy atom. The molecule has 0 saturated carbocycles. The lowest BCUT2D eigenvalue weighted by atomic mass is 10.0. The summed E-state index contributed by atoms with van der Waals surface area (Å²) in [6.07, 6.45) is 2.56. The Kier molecular flexibility index (Phi) is 3.84. The number of hydrogen-bond acceptors (Lipinski definition) is 5. The summed E-state index contributed by atoms with van der Waals surface area (Å²) in [5.41, 5.74) is 0. The Labute approximate surface area is 121 Å². The van der Waals surface area contributed by atoms with Crippen molar-refractivity contribution in [3.8, 4) is 0 Å². The minimum atomic E-state index is -0.0558. The van der Waals surface area contributed by atoms with Crippen LogP contribution in [0.25, 0.3) is 0 Å². The van der Waals surface area contributed by atoms with Gasteiger partial charge in [-0.15, -0.1) is 0 Å². The van der Waals surface area contributed by atoms with E-state index in [0.29, 0.717) is 10.9 Å². The zero-order valence-corrected chi connectivity index (χ0v) is 11.9. The summed E-state index contributed by atoms with van der Waals surface area (Å²) >= 11 is 5.81. The van der Waals surface area contributed by atoms with Crippen molar-refractivity contribution in [2.45, 2.75) is 19.4 Å². The van der Waals surface area contributed by atoms with Crippen molar-refractivity contribution in [2.24, 2.45) is 5.92 Å². The first-order chi connectivity index (χ1) is 9.72. The summed E-state index contributed by atoms with van der Waals surface area (Å²) in [4.78, 5) is 8.58. The number of H-pyrrole nitrogens is 1. The third kappa shape index (κ3) is 2.91. The molecule has 0 bridgehead atoms. The predicted molar refractivity (Wildman–Crippen MR) is 75.7 cm³/mol. The van der Waals surface area contributed by atoms with Gasteiger partial charge in [-0.1, -0.05) is 11.6 Å². The third-order valence-corrected chi connectivity index (χ3v) is 3.58. The molecule has 1 aliphatic rings. The summed E-state index contributed by atoms with van der Waals surface area (Å²) in [5, 5.41) is 11.0. The van der Waals surface area contributed by atoms with E-state index in [0.717, 1.165) is 37.0 Å². The summed E-state index contributed by atoms with van der Waals surface area (Å²) in [6.45, 7) is 3.39. The van der Waals surface area contributed by atoms with Gasteiger partial charge in [0.05, 0.1) is 5.02 Å². The molecule has 2 aromatic heterocycles. The number of nitrogens with one attached hydrogen (secondary N) is 2. The molecule has 2 atom stereocenters. The van der Waals surface area contributed by atoms with E-state index >= 15 is 0 Å². The Bertz CT molecular complexity index is 570. The first-order valence-electron chi connectivity index (χ1n) is 6.58. The average molecular weight is 294 g/mol. The molecule has 3 rings (SSSR count). The molecule has 0 aliphatic carbocycles. The van der Waals surface area contributed by atoms with Crippen LogP contribution in [0.1, 0.15) is 24.2 Å². The molecule has 0 unspecified atom stereocenters. The third-order valence-electron chi connectivity index (χ3n) is 3.36. The topological polar surface area (TPSA) is 75.7 Å². The second-order valence-electron chi connectivity index (χ2n) is 4.86. The van der Waals surface area contributed by atoms with Crippen LogP contribution in [0.2, 0.25) is 5.02 Å². The fraction of sp³-hybridized carbons (Fsp3) is 0.462. The number of aryl methyl sites for hydroxylation is 1. The molecule has 3 heterocycles. The van der Waals surface area contributed by atoms with E-state index < -0.39 is 0 Å². The standard InChI is InChI=1S/C13H16ClN5O/c1-8-17-13(19-18-8)12-9(4-5-20-12)6-15-11-3-2-10(14)7-16-11/h2-3,7,9,12H,4-6H2,1H3,(H,15,16)(H,17,18,19)/t9-,12-/m0/s1. The molecule has 1 aliphatic heterocycles. The maximum absolute atomic E-state index is 5.81. The van der Waals surface area contributed by atoms with Crippen LogP contribution in [-0.4, -0.2) is 33.3 Å². The highest BCUT2D eigenvalue weighted by Crippen LogP contribution is 2.32. The van der Waals surface area contributed by atoms with E-state index in [1.807, 2.05) is 19.1 Å². The van der Waals surface area contributed by atoms with Crippen molar-refractivity contribution in [3.63, 3.8) is 0 Å². The predicted octanol–water partition coefficient (Wildman–Crippen LogP) is 2.35. The normalized spacial score (nSPS) is 22.1. The van der Waals surface area contributed by atoms with E-state index in [-0.39, 0.29) is 6.10 Å². The molecule has 0 radical (unpaired) electrons. The number of aromatic amines is 1. The van der Waals surface area contributed by atoms with E-state index in [1.165, 1.54) is 0 Å². The van der Waals surface area contributed by atoms with Crippen molar-refractivity contribution in [1.82, 2.24) is 20.2 Å². The second-order valence-corrected chi connectivity index (χ2v) is 5.30. The van der Waals surface area contributed by atoms with E-state index in [4.69, 9.17) is 16.3 Å². The van der Waals surface area contributed by atoms with Gasteiger partial charge in [0.1, 0.15) is 17.7 Å². The Morgan fingerprint density at radius 3 is 3.10 bits per heavy atom. The fourth-order valence-electron chi connectivity index (χ4n) is 2.33. The van der Waals surface area contributed by atoms with Crippen molar-refractivity contribution in [3.05, 3.63) is 35.0 Å². The van der Waals surface area contributed by atoms with Crippen molar-refractivity contribution in [1.29, 1.82) is 0 Å². The zero-order chi connectivity index (χ0) is 13.9.